The van der Waals surface area contributed by atoms with Gasteiger partial charge in [-0.25, -0.2) is 0 Å². The molecule has 0 unspecified atom stereocenters. The van der Waals surface area contributed by atoms with Crippen LogP contribution in [0.1, 0.15) is 19.5 Å². The van der Waals surface area contributed by atoms with Gasteiger partial charge in [-0.3, -0.25) is 0 Å². The molecule has 0 aliphatic carbocycles. The lowest BCUT2D eigenvalue weighted by molar-refractivity contribution is 0.134. The molecule has 0 atom stereocenters. The van der Waals surface area contributed by atoms with E-state index in [0.29, 0.717) is 0 Å². The summed E-state index contributed by atoms with van der Waals surface area (Å²) in [4.78, 5) is 3.01. The van der Waals surface area contributed by atoms with E-state index < -0.39 is 5.60 Å². The van der Waals surface area contributed by atoms with Crippen LogP contribution in [-0.4, -0.2) is 15.7 Å². The predicted octanol–water partition coefficient (Wildman–Crippen LogP) is 1.80. The standard InChI is InChI=1S/C9H13NO/c1-9(2,11)6-5-8-4-3-7-10-8/h3-7,10-11H,1-2H3/b6-5-. The fourth-order valence-electron chi connectivity index (χ4n) is 0.742. The van der Waals surface area contributed by atoms with Gasteiger partial charge in [-0.15, -0.1) is 0 Å². The normalized spacial score (nSPS) is 12.6. The Bertz CT molecular complexity index is 229. The summed E-state index contributed by atoms with van der Waals surface area (Å²) in [6.45, 7) is 3.49. The number of aromatic amines is 1. The number of aromatic nitrogens is 1. The molecule has 0 aromatic carbocycles. The molecule has 0 spiro atoms. The van der Waals surface area contributed by atoms with E-state index in [1.807, 2.05) is 24.4 Å². The zero-order valence-electron chi connectivity index (χ0n) is 6.83. The molecule has 0 radical (unpaired) electrons. The van der Waals surface area contributed by atoms with Gasteiger partial charge in [0.1, 0.15) is 0 Å². The topological polar surface area (TPSA) is 36.0 Å². The lowest BCUT2D eigenvalue weighted by atomic mass is 10.1. The van der Waals surface area contributed by atoms with Gasteiger partial charge in [0.2, 0.25) is 0 Å². The van der Waals surface area contributed by atoms with Crippen molar-refractivity contribution >= 4 is 6.08 Å². The van der Waals surface area contributed by atoms with Crippen molar-refractivity contribution in [3.05, 3.63) is 30.1 Å². The molecule has 1 aromatic rings. The molecule has 0 aliphatic heterocycles. The molecule has 2 heteroatoms. The van der Waals surface area contributed by atoms with Crippen LogP contribution in [0.5, 0.6) is 0 Å². The number of nitrogens with one attached hydrogen (secondary N) is 1. The molecule has 0 saturated carbocycles. The van der Waals surface area contributed by atoms with Gasteiger partial charge < -0.3 is 10.1 Å². The molecule has 0 amide bonds. The maximum absolute atomic E-state index is 9.32. The summed E-state index contributed by atoms with van der Waals surface area (Å²) in [6.07, 6.45) is 5.46. The minimum atomic E-state index is -0.731. The Balaban J connectivity index is 2.63. The molecule has 1 rings (SSSR count). The van der Waals surface area contributed by atoms with Gasteiger partial charge in [0.15, 0.2) is 0 Å². The van der Waals surface area contributed by atoms with Gasteiger partial charge in [0, 0.05) is 11.9 Å². The fraction of sp³-hybridized carbons (Fsp3) is 0.333. The first-order valence-corrected chi connectivity index (χ1v) is 3.63. The summed E-state index contributed by atoms with van der Waals surface area (Å²) >= 11 is 0. The zero-order valence-corrected chi connectivity index (χ0v) is 6.83. The number of H-pyrrole nitrogens is 1. The van der Waals surface area contributed by atoms with E-state index in [-0.39, 0.29) is 0 Å². The van der Waals surface area contributed by atoms with E-state index in [9.17, 15) is 5.11 Å². The summed E-state index contributed by atoms with van der Waals surface area (Å²) in [6, 6.07) is 3.87. The molecule has 2 nitrogen and oxygen atoms in total. The molecule has 0 aliphatic rings. The Kier molecular flexibility index (Phi) is 2.15. The highest BCUT2D eigenvalue weighted by Crippen LogP contribution is 2.06. The first-order valence-electron chi connectivity index (χ1n) is 3.63. The van der Waals surface area contributed by atoms with Crippen molar-refractivity contribution in [2.75, 3.05) is 0 Å². The van der Waals surface area contributed by atoms with Crippen LogP contribution in [0.3, 0.4) is 0 Å². The lowest BCUT2D eigenvalue weighted by Crippen LogP contribution is -2.13. The average molecular weight is 151 g/mol. The molecule has 11 heavy (non-hydrogen) atoms. The summed E-state index contributed by atoms with van der Waals surface area (Å²) in [5, 5.41) is 9.32. The van der Waals surface area contributed by atoms with Crippen LogP contribution in [0.4, 0.5) is 0 Å². The van der Waals surface area contributed by atoms with Crippen molar-refractivity contribution in [1.82, 2.24) is 4.98 Å². The summed E-state index contributed by atoms with van der Waals surface area (Å²) in [5.74, 6) is 0. The van der Waals surface area contributed by atoms with Gasteiger partial charge in [-0.2, -0.15) is 0 Å². The van der Waals surface area contributed by atoms with Crippen LogP contribution in [0.25, 0.3) is 6.08 Å². The maximum atomic E-state index is 9.32. The van der Waals surface area contributed by atoms with Crippen LogP contribution in [-0.2, 0) is 0 Å². The third-order valence-electron chi connectivity index (χ3n) is 1.29. The third-order valence-corrected chi connectivity index (χ3v) is 1.29. The monoisotopic (exact) mass is 151 g/mol. The SMILES string of the molecule is CC(C)(O)/C=C\c1ccc[nH]1. The van der Waals surface area contributed by atoms with Crippen molar-refractivity contribution in [2.45, 2.75) is 19.4 Å². The van der Waals surface area contributed by atoms with Crippen LogP contribution >= 0.6 is 0 Å². The second-order valence-electron chi connectivity index (χ2n) is 3.11. The minimum absolute atomic E-state index is 0.731. The fourth-order valence-corrected chi connectivity index (χ4v) is 0.742. The number of rotatable bonds is 2. The van der Waals surface area contributed by atoms with Crippen LogP contribution < -0.4 is 0 Å². The Hall–Kier alpha value is -1.02. The average Bonchev–Trinajstić information content (AvgIpc) is 2.32. The zero-order chi connectivity index (χ0) is 8.32. The highest BCUT2D eigenvalue weighted by Gasteiger charge is 2.05. The van der Waals surface area contributed by atoms with Gasteiger partial charge in [-0.1, -0.05) is 6.08 Å². The first kappa shape index (κ1) is 8.08. The van der Waals surface area contributed by atoms with E-state index in [0.717, 1.165) is 5.69 Å². The summed E-state index contributed by atoms with van der Waals surface area (Å²) < 4.78 is 0. The van der Waals surface area contributed by atoms with Crippen molar-refractivity contribution in [3.63, 3.8) is 0 Å². The Labute approximate surface area is 66.6 Å². The van der Waals surface area contributed by atoms with Gasteiger partial charge in [0.05, 0.1) is 5.60 Å². The quantitative estimate of drug-likeness (QED) is 0.664. The highest BCUT2D eigenvalue weighted by atomic mass is 16.3. The van der Waals surface area contributed by atoms with Gasteiger partial charge in [-0.05, 0) is 32.1 Å². The van der Waals surface area contributed by atoms with Crippen LogP contribution in [0, 0.1) is 0 Å². The lowest BCUT2D eigenvalue weighted by Gasteiger charge is -2.09. The maximum Gasteiger partial charge on any atom is 0.0775 e. The molecule has 2 N–H and O–H groups in total. The minimum Gasteiger partial charge on any atom is -0.386 e. The van der Waals surface area contributed by atoms with Crippen molar-refractivity contribution in [1.29, 1.82) is 0 Å². The molecule has 0 saturated heterocycles. The molecule has 1 heterocycles. The second-order valence-corrected chi connectivity index (χ2v) is 3.11. The first-order chi connectivity index (χ1) is 5.08. The largest absolute Gasteiger partial charge is 0.386 e. The summed E-state index contributed by atoms with van der Waals surface area (Å²) in [7, 11) is 0. The van der Waals surface area contributed by atoms with E-state index in [1.54, 1.807) is 19.9 Å². The molecular formula is C9H13NO. The molecular weight excluding hydrogens is 138 g/mol. The van der Waals surface area contributed by atoms with E-state index >= 15 is 0 Å². The molecule has 0 fully saturated rings. The Morgan fingerprint density at radius 3 is 2.73 bits per heavy atom. The van der Waals surface area contributed by atoms with E-state index in [1.165, 1.54) is 0 Å². The van der Waals surface area contributed by atoms with Crippen molar-refractivity contribution in [2.24, 2.45) is 0 Å². The molecule has 60 valence electrons. The molecule has 1 aromatic heterocycles. The highest BCUT2D eigenvalue weighted by molar-refractivity contribution is 5.45. The Morgan fingerprint density at radius 1 is 1.55 bits per heavy atom. The van der Waals surface area contributed by atoms with Crippen LogP contribution in [0.2, 0.25) is 0 Å². The Morgan fingerprint density at radius 2 is 2.27 bits per heavy atom. The smallest absolute Gasteiger partial charge is 0.0775 e. The number of aliphatic hydroxyl groups is 1. The van der Waals surface area contributed by atoms with Gasteiger partial charge >= 0.3 is 0 Å². The number of hydrogen-bond donors (Lipinski definition) is 2. The van der Waals surface area contributed by atoms with E-state index in [2.05, 4.69) is 4.98 Å². The third kappa shape index (κ3) is 3.05. The van der Waals surface area contributed by atoms with Crippen LogP contribution in [0.15, 0.2) is 24.4 Å². The van der Waals surface area contributed by atoms with Crippen molar-refractivity contribution < 1.29 is 5.11 Å². The van der Waals surface area contributed by atoms with E-state index in [4.69, 9.17) is 0 Å². The molecule has 0 bridgehead atoms. The summed E-state index contributed by atoms with van der Waals surface area (Å²) in [5.41, 5.74) is 0.276. The predicted molar refractivity (Wildman–Crippen MR) is 46.1 cm³/mol. The van der Waals surface area contributed by atoms with Gasteiger partial charge in [0.25, 0.3) is 0 Å². The van der Waals surface area contributed by atoms with Crippen molar-refractivity contribution in [3.8, 4) is 0 Å². The second kappa shape index (κ2) is 2.93. The number of hydrogen-bond acceptors (Lipinski definition) is 1.